The number of imide groups is 1. The average Bonchev–Trinajstić information content (AvgIpc) is 1.86. The zero-order valence-corrected chi connectivity index (χ0v) is 56.1. The molecule has 0 saturated carbocycles. The number of urea groups is 4. The van der Waals surface area contributed by atoms with Crippen molar-refractivity contribution in [3.8, 4) is 0 Å². The highest BCUT2D eigenvalue weighted by molar-refractivity contribution is 6.11. The number of benzene rings is 2. The van der Waals surface area contributed by atoms with Gasteiger partial charge in [-0.05, 0) is 90.0 Å². The van der Waals surface area contributed by atoms with Crippen LogP contribution in [0.25, 0.3) is 0 Å². The zero-order chi connectivity index (χ0) is 69.3. The topological polar surface area (TPSA) is 358 Å². The molecule has 0 aliphatic rings. The van der Waals surface area contributed by atoms with Gasteiger partial charge >= 0.3 is 36.2 Å². The molecule has 95 heavy (non-hydrogen) atoms. The van der Waals surface area contributed by atoms with Crippen LogP contribution in [-0.4, -0.2) is 114 Å². The van der Waals surface area contributed by atoms with Gasteiger partial charge in [0.1, 0.15) is 98.4 Å². The molecule has 0 atom stereocenters. The van der Waals surface area contributed by atoms with Gasteiger partial charge in [-0.25, -0.2) is 65.8 Å². The standard InChI is InChI=1S/C40H56N10O8.C26H37N9O2/c1-39(2,3)57-34(53)24-33(52)23-31(41)22-32(51)10-7-8-16-47-18-20-49(27-47)25-29-11-13-30(14-12-29)26-50-21-19-48(28-50)17-9-15-43-36(54)44-35(42)45-37(55)46-38(56)58-40(4,5)6;1-3-22-7-9-23(10-8-22)19-35-18-17-34(21-35)14-6-12-29-26(37)31-24(27)30-25(36)28-11-5-13-33-16-15-32(4-2)20-33/h11-14,18-21,27-28,41H,7-10,15-17,22-26H2,1-6H3,(H3-2,42,43,44,45,46,54,55,56);7-10,15-18,20-21H,3-6,11-14,19H2,1-2H3,(H3-2,27,28,29,30,31,36,37)/p+4. The van der Waals surface area contributed by atoms with Crippen LogP contribution in [0.15, 0.2) is 123 Å². The molecule has 4 aromatic heterocycles. The summed E-state index contributed by atoms with van der Waals surface area (Å²) in [5.41, 5.74) is 3.42. The molecule has 0 aliphatic heterocycles. The van der Waals surface area contributed by atoms with Crippen LogP contribution in [0.5, 0.6) is 0 Å². The van der Waals surface area contributed by atoms with Crippen LogP contribution >= 0.6 is 0 Å². The van der Waals surface area contributed by atoms with Crippen molar-refractivity contribution >= 4 is 65.4 Å². The number of nitrogens with zero attached hydrogens (tertiary/aromatic N) is 8. The third-order valence-electron chi connectivity index (χ3n) is 13.8. The van der Waals surface area contributed by atoms with Gasteiger partial charge in [0.2, 0.25) is 37.2 Å². The fraction of sp³-hybridized carbons (Fsp3) is 0.470. The number of nitrogens with one attached hydrogen (secondary N) is 11. The number of ether oxygens (including phenoxy) is 2. The Morgan fingerprint density at radius 2 is 0.832 bits per heavy atom. The number of esters is 1. The molecule has 29 heteroatoms. The van der Waals surface area contributed by atoms with E-state index in [-0.39, 0.29) is 30.3 Å². The Bertz CT molecular complexity index is 3380. The smallest absolute Gasteiger partial charge is 0.415 e. The Balaban J connectivity index is 0.000000379. The first-order valence-corrected chi connectivity index (χ1v) is 32.0. The molecule has 0 radical (unpaired) electrons. The first-order chi connectivity index (χ1) is 45.2. The quantitative estimate of drug-likeness (QED) is 0.00677. The highest BCUT2D eigenvalue weighted by Crippen LogP contribution is 2.12. The lowest BCUT2D eigenvalue weighted by molar-refractivity contribution is -0.696. The van der Waals surface area contributed by atoms with Gasteiger partial charge in [0.25, 0.3) is 0 Å². The summed E-state index contributed by atoms with van der Waals surface area (Å²) in [6, 6.07) is 14.3. The highest BCUT2D eigenvalue weighted by atomic mass is 16.6. The molecule has 0 saturated heterocycles. The van der Waals surface area contributed by atoms with Crippen molar-refractivity contribution in [2.45, 2.75) is 183 Å². The van der Waals surface area contributed by atoms with Gasteiger partial charge in [-0.1, -0.05) is 55.5 Å². The molecule has 4 heterocycles. The molecule has 0 fully saturated rings. The van der Waals surface area contributed by atoms with Gasteiger partial charge < -0.3 is 30.8 Å². The first-order valence-electron chi connectivity index (χ1n) is 32.0. The van der Waals surface area contributed by atoms with Crippen molar-refractivity contribution in [2.24, 2.45) is 0 Å². The fourth-order valence-corrected chi connectivity index (χ4v) is 9.33. The molecule has 29 nitrogen and oxygen atoms in total. The third-order valence-corrected chi connectivity index (χ3v) is 13.8. The second-order valence-corrected chi connectivity index (χ2v) is 24.7. The number of imidazole rings is 4. The number of Topliss-reactive ketones (excluding diaryl/α,β-unsaturated/α-hetero) is 2. The molecule has 0 aliphatic carbocycles. The molecule has 2 aromatic carbocycles. The lowest BCUT2D eigenvalue weighted by Gasteiger charge is -2.19. The number of guanidine groups is 2. The van der Waals surface area contributed by atoms with E-state index in [1.165, 1.54) is 11.1 Å². The van der Waals surface area contributed by atoms with E-state index in [1.807, 2.05) is 90.1 Å². The lowest BCUT2D eigenvalue weighted by atomic mass is 10.0. The molecular weight excluding hydrogens is 1220 g/mol. The van der Waals surface area contributed by atoms with Crippen LogP contribution in [0.1, 0.15) is 135 Å². The maximum atomic E-state index is 12.4. The molecular formula is C66H97N19O10+4. The maximum Gasteiger partial charge on any atom is 0.415 e. The predicted molar refractivity (Wildman–Crippen MR) is 352 cm³/mol. The Kier molecular flexibility index (Phi) is 30.6. The van der Waals surface area contributed by atoms with Crippen molar-refractivity contribution in [1.29, 1.82) is 16.2 Å². The van der Waals surface area contributed by atoms with E-state index < -0.39 is 65.6 Å². The van der Waals surface area contributed by atoms with Crippen LogP contribution in [-0.2, 0) is 82.6 Å². The third kappa shape index (κ3) is 32.2. The van der Waals surface area contributed by atoms with Crippen molar-refractivity contribution in [2.75, 3.05) is 19.6 Å². The number of hydrogen-bond acceptors (Lipinski definition) is 13. The minimum atomic E-state index is -1.01. The molecule has 0 spiro atoms. The summed E-state index contributed by atoms with van der Waals surface area (Å²) in [6.45, 7) is 21.6. The number of aryl methyl sites for hydroxylation is 6. The fourth-order valence-electron chi connectivity index (χ4n) is 9.33. The van der Waals surface area contributed by atoms with Crippen molar-refractivity contribution in [3.63, 3.8) is 0 Å². The summed E-state index contributed by atoms with van der Waals surface area (Å²) in [4.78, 5) is 95.7. The second-order valence-electron chi connectivity index (χ2n) is 24.7. The lowest BCUT2D eigenvalue weighted by Crippen LogP contribution is -2.51. The van der Waals surface area contributed by atoms with Gasteiger partial charge in [-0.3, -0.25) is 46.5 Å². The number of amides is 9. The predicted octanol–water partition coefficient (Wildman–Crippen LogP) is 5.17. The number of carbonyl (C=O) groups is 8. The Hall–Kier alpha value is -10.4. The number of carbonyl (C=O) groups excluding carboxylic acids is 8. The van der Waals surface area contributed by atoms with Crippen LogP contribution in [0, 0.1) is 16.2 Å². The van der Waals surface area contributed by atoms with E-state index in [1.54, 1.807) is 41.5 Å². The monoisotopic (exact) mass is 1320 g/mol. The number of aromatic nitrogens is 8. The molecule has 0 bridgehead atoms. The molecule has 512 valence electrons. The number of ketones is 2. The van der Waals surface area contributed by atoms with Gasteiger partial charge in [0.15, 0.2) is 0 Å². The maximum absolute atomic E-state index is 12.4. The number of unbranched alkanes of at least 4 members (excludes halogenated alkanes) is 1. The number of rotatable bonds is 31. The van der Waals surface area contributed by atoms with E-state index in [9.17, 15) is 38.4 Å². The zero-order valence-electron chi connectivity index (χ0n) is 56.1. The van der Waals surface area contributed by atoms with E-state index in [2.05, 4.69) is 126 Å². The van der Waals surface area contributed by atoms with Crippen molar-refractivity contribution < 1.29 is 66.1 Å². The van der Waals surface area contributed by atoms with Gasteiger partial charge in [-0.2, -0.15) is 0 Å². The first kappa shape index (κ1) is 75.4. The summed E-state index contributed by atoms with van der Waals surface area (Å²) in [5.74, 6) is -2.11. The minimum absolute atomic E-state index is 0.0175. The summed E-state index contributed by atoms with van der Waals surface area (Å²) >= 11 is 0. The summed E-state index contributed by atoms with van der Waals surface area (Å²) < 4.78 is 26.7. The Labute approximate surface area is 554 Å². The molecule has 0 unspecified atom stereocenters. The average molecular weight is 1320 g/mol. The number of hydrogen-bond donors (Lipinski definition) is 11. The van der Waals surface area contributed by atoms with Crippen LogP contribution in [0.3, 0.4) is 0 Å². The molecule has 6 rings (SSSR count). The Morgan fingerprint density at radius 3 is 1.26 bits per heavy atom. The highest BCUT2D eigenvalue weighted by Gasteiger charge is 2.22. The van der Waals surface area contributed by atoms with Crippen LogP contribution < -0.4 is 60.8 Å². The van der Waals surface area contributed by atoms with Crippen molar-refractivity contribution in [3.05, 3.63) is 146 Å². The van der Waals surface area contributed by atoms with Crippen LogP contribution in [0.4, 0.5) is 24.0 Å². The summed E-state index contributed by atoms with van der Waals surface area (Å²) in [5, 5.41) is 42.2. The SMILES string of the molecule is CC(C)(C)OC(=O)CC(=O)CC(=N)CC(=O)CCCCn1cc[n+](Cc2ccc(C[n+]3ccn(CCCNC(=O)NC(=N)NC(=O)NC(=O)OC(C)(C)C)c3)cc2)c1.CCc1ccc(C[n+]2ccn(CCCNC(=O)NC(=N)NC(=O)NCCC[n+]3ccn(CC)c3)c2)cc1. The second kappa shape index (κ2) is 38.6. The normalized spacial score (nSPS) is 11.0. The largest absolute Gasteiger partial charge is 0.460 e. The number of alkyl carbamates (subject to hydrolysis) is 1. The molecule has 11 N–H and O–H groups in total. The van der Waals surface area contributed by atoms with E-state index in [0.29, 0.717) is 58.5 Å². The Morgan fingerprint density at radius 1 is 0.442 bits per heavy atom. The minimum Gasteiger partial charge on any atom is -0.460 e. The van der Waals surface area contributed by atoms with Gasteiger partial charge in [-0.15, -0.1) is 0 Å². The van der Waals surface area contributed by atoms with Crippen molar-refractivity contribution in [1.82, 2.24) is 60.8 Å². The molecule has 9 amide bonds. The summed E-state index contributed by atoms with van der Waals surface area (Å²) in [7, 11) is 0. The van der Waals surface area contributed by atoms with Crippen LogP contribution in [0.2, 0.25) is 0 Å². The van der Waals surface area contributed by atoms with Gasteiger partial charge in [0.05, 0.1) is 32.7 Å². The van der Waals surface area contributed by atoms with E-state index in [4.69, 9.17) is 25.7 Å². The van der Waals surface area contributed by atoms with E-state index in [0.717, 1.165) is 69.5 Å². The van der Waals surface area contributed by atoms with E-state index >= 15 is 0 Å². The molecule has 6 aromatic rings. The van der Waals surface area contributed by atoms with Gasteiger partial charge in [0, 0.05) is 63.9 Å². The summed E-state index contributed by atoms with van der Waals surface area (Å²) in [6.07, 6.45) is 27.3.